The zero-order chi connectivity index (χ0) is 14.4. The Morgan fingerprint density at radius 1 is 1.29 bits per heavy atom. The molecule has 0 saturated carbocycles. The highest BCUT2D eigenvalue weighted by Gasteiger charge is 2.34. The topological polar surface area (TPSA) is 77.7 Å². The number of hydrogen-bond acceptors (Lipinski definition) is 6. The van der Waals surface area contributed by atoms with Crippen molar-refractivity contribution in [2.24, 2.45) is 0 Å². The third-order valence-corrected chi connectivity index (χ3v) is 3.70. The number of hydrogen-bond donors (Lipinski definition) is 0. The highest BCUT2D eigenvalue weighted by Crippen LogP contribution is 2.38. The molecule has 1 amide bonds. The summed E-state index contributed by atoms with van der Waals surface area (Å²) in [4.78, 5) is 18.2. The molecule has 108 valence electrons. The average molecular weight is 287 g/mol. The van der Waals surface area contributed by atoms with E-state index in [0.29, 0.717) is 36.2 Å². The van der Waals surface area contributed by atoms with Crippen molar-refractivity contribution in [1.29, 1.82) is 0 Å². The number of rotatable bonds is 2. The third-order valence-electron chi connectivity index (χ3n) is 3.70. The SMILES string of the molecule is Cc1nc([C@H]2CC(=O)N(c3ccc4c(c3)OCO4)C2)no1. The van der Waals surface area contributed by atoms with Crippen LogP contribution < -0.4 is 14.4 Å². The van der Waals surface area contributed by atoms with Crippen molar-refractivity contribution in [3.63, 3.8) is 0 Å². The molecule has 1 fully saturated rings. The van der Waals surface area contributed by atoms with Crippen molar-refractivity contribution >= 4 is 11.6 Å². The Labute approximate surface area is 120 Å². The van der Waals surface area contributed by atoms with Gasteiger partial charge in [-0.15, -0.1) is 0 Å². The van der Waals surface area contributed by atoms with Gasteiger partial charge in [0.15, 0.2) is 17.3 Å². The summed E-state index contributed by atoms with van der Waals surface area (Å²) in [5.41, 5.74) is 0.798. The Bertz CT molecular complexity index is 712. The van der Waals surface area contributed by atoms with Crippen LogP contribution in [-0.2, 0) is 4.79 Å². The molecule has 0 unspecified atom stereocenters. The number of aryl methyl sites for hydroxylation is 1. The Morgan fingerprint density at radius 2 is 2.14 bits per heavy atom. The summed E-state index contributed by atoms with van der Waals surface area (Å²) in [6.07, 6.45) is 0.382. The zero-order valence-corrected chi connectivity index (χ0v) is 11.4. The number of amides is 1. The normalized spacial score (nSPS) is 20.3. The standard InChI is InChI=1S/C14H13N3O4/c1-8-15-14(16-21-8)9-4-13(18)17(6-9)10-2-3-11-12(5-10)20-7-19-11/h2-3,5,9H,4,6-7H2,1H3/t9-/m0/s1. The lowest BCUT2D eigenvalue weighted by Crippen LogP contribution is -2.24. The first-order valence-electron chi connectivity index (χ1n) is 6.71. The molecule has 1 atom stereocenters. The van der Waals surface area contributed by atoms with Gasteiger partial charge in [-0.3, -0.25) is 4.79 Å². The van der Waals surface area contributed by atoms with Gasteiger partial charge in [0.25, 0.3) is 0 Å². The van der Waals surface area contributed by atoms with Gasteiger partial charge in [-0.05, 0) is 12.1 Å². The van der Waals surface area contributed by atoms with Gasteiger partial charge in [0.1, 0.15) is 0 Å². The molecule has 7 heteroatoms. The molecule has 3 heterocycles. The van der Waals surface area contributed by atoms with E-state index in [1.165, 1.54) is 0 Å². The molecule has 1 saturated heterocycles. The molecule has 1 aromatic carbocycles. The number of ether oxygens (including phenoxy) is 2. The van der Waals surface area contributed by atoms with Crippen LogP contribution in [0.25, 0.3) is 0 Å². The quantitative estimate of drug-likeness (QED) is 0.835. The Hall–Kier alpha value is -2.57. The van der Waals surface area contributed by atoms with Crippen molar-refractivity contribution in [2.45, 2.75) is 19.3 Å². The maximum atomic E-state index is 12.2. The molecule has 21 heavy (non-hydrogen) atoms. The lowest BCUT2D eigenvalue weighted by Gasteiger charge is -2.16. The lowest BCUT2D eigenvalue weighted by atomic mass is 10.1. The number of carbonyl (C=O) groups is 1. The summed E-state index contributed by atoms with van der Waals surface area (Å²) < 4.78 is 15.6. The molecule has 7 nitrogen and oxygen atoms in total. The monoisotopic (exact) mass is 287 g/mol. The van der Waals surface area contributed by atoms with Gasteiger partial charge in [-0.2, -0.15) is 4.98 Å². The molecular formula is C14H13N3O4. The molecule has 2 aliphatic heterocycles. The van der Waals surface area contributed by atoms with Gasteiger partial charge in [0, 0.05) is 37.6 Å². The van der Waals surface area contributed by atoms with Crippen molar-refractivity contribution in [2.75, 3.05) is 18.2 Å². The Morgan fingerprint density at radius 3 is 2.95 bits per heavy atom. The largest absolute Gasteiger partial charge is 0.454 e. The van der Waals surface area contributed by atoms with Crippen LogP contribution >= 0.6 is 0 Å². The Kier molecular flexibility index (Phi) is 2.60. The predicted octanol–water partition coefficient (Wildman–Crippen LogP) is 1.63. The number of carbonyl (C=O) groups excluding carboxylic acids is 1. The number of aromatic nitrogens is 2. The fourth-order valence-corrected chi connectivity index (χ4v) is 2.66. The first-order chi connectivity index (χ1) is 10.2. The summed E-state index contributed by atoms with van der Waals surface area (Å²) in [6, 6.07) is 5.50. The molecule has 2 aliphatic rings. The lowest BCUT2D eigenvalue weighted by molar-refractivity contribution is -0.117. The van der Waals surface area contributed by atoms with Crippen LogP contribution in [0.3, 0.4) is 0 Å². The van der Waals surface area contributed by atoms with Crippen molar-refractivity contribution in [3.05, 3.63) is 29.9 Å². The van der Waals surface area contributed by atoms with Gasteiger partial charge >= 0.3 is 0 Å². The summed E-state index contributed by atoms with van der Waals surface area (Å²) >= 11 is 0. The highest BCUT2D eigenvalue weighted by atomic mass is 16.7. The molecule has 0 N–H and O–H groups in total. The fraction of sp³-hybridized carbons (Fsp3) is 0.357. The minimum absolute atomic E-state index is 0.0413. The van der Waals surface area contributed by atoms with Crippen LogP contribution in [0.4, 0.5) is 5.69 Å². The van der Waals surface area contributed by atoms with E-state index < -0.39 is 0 Å². The van der Waals surface area contributed by atoms with Crippen LogP contribution in [0.15, 0.2) is 22.7 Å². The summed E-state index contributed by atoms with van der Waals surface area (Å²) in [5, 5.41) is 3.91. The van der Waals surface area contributed by atoms with Crippen molar-refractivity contribution < 1.29 is 18.8 Å². The molecule has 0 radical (unpaired) electrons. The number of benzene rings is 1. The molecular weight excluding hydrogens is 274 g/mol. The van der Waals surface area contributed by atoms with E-state index in [1.807, 2.05) is 18.2 Å². The van der Waals surface area contributed by atoms with Gasteiger partial charge in [-0.1, -0.05) is 5.16 Å². The maximum Gasteiger partial charge on any atom is 0.231 e. The van der Waals surface area contributed by atoms with E-state index >= 15 is 0 Å². The van der Waals surface area contributed by atoms with Gasteiger partial charge in [-0.25, -0.2) is 0 Å². The van der Waals surface area contributed by atoms with E-state index in [2.05, 4.69) is 10.1 Å². The van der Waals surface area contributed by atoms with E-state index in [4.69, 9.17) is 14.0 Å². The van der Waals surface area contributed by atoms with Crippen LogP contribution in [-0.4, -0.2) is 29.4 Å². The van der Waals surface area contributed by atoms with Crippen LogP contribution in [0, 0.1) is 6.92 Å². The van der Waals surface area contributed by atoms with Gasteiger partial charge < -0.3 is 18.9 Å². The fourth-order valence-electron chi connectivity index (χ4n) is 2.66. The molecule has 1 aromatic heterocycles. The number of anilines is 1. The van der Waals surface area contributed by atoms with Crippen LogP contribution in [0.2, 0.25) is 0 Å². The van der Waals surface area contributed by atoms with E-state index in [1.54, 1.807) is 11.8 Å². The summed E-state index contributed by atoms with van der Waals surface area (Å²) in [5.74, 6) is 2.47. The predicted molar refractivity (Wildman–Crippen MR) is 71.3 cm³/mol. The van der Waals surface area contributed by atoms with Crippen molar-refractivity contribution in [1.82, 2.24) is 10.1 Å². The molecule has 0 aliphatic carbocycles. The third kappa shape index (κ3) is 2.01. The van der Waals surface area contributed by atoms with Gasteiger partial charge in [0.05, 0.1) is 0 Å². The minimum atomic E-state index is -0.0413. The molecule has 0 spiro atoms. The number of fused-ring (bicyclic) bond motifs is 1. The highest BCUT2D eigenvalue weighted by molar-refractivity contribution is 5.96. The average Bonchev–Trinajstić information content (AvgIpc) is 3.17. The summed E-state index contributed by atoms with van der Waals surface area (Å²) in [6.45, 7) is 2.50. The molecule has 2 aromatic rings. The van der Waals surface area contributed by atoms with Crippen LogP contribution in [0.1, 0.15) is 24.1 Å². The smallest absolute Gasteiger partial charge is 0.231 e. The van der Waals surface area contributed by atoms with E-state index in [9.17, 15) is 4.79 Å². The second kappa shape index (κ2) is 4.47. The van der Waals surface area contributed by atoms with E-state index in [-0.39, 0.29) is 18.6 Å². The second-order valence-corrected chi connectivity index (χ2v) is 5.11. The first-order valence-corrected chi connectivity index (χ1v) is 6.71. The minimum Gasteiger partial charge on any atom is -0.454 e. The molecule has 0 bridgehead atoms. The zero-order valence-electron chi connectivity index (χ0n) is 11.4. The van der Waals surface area contributed by atoms with Crippen LogP contribution in [0.5, 0.6) is 11.5 Å². The maximum absolute atomic E-state index is 12.2. The van der Waals surface area contributed by atoms with Gasteiger partial charge in [0.2, 0.25) is 18.6 Å². The Balaban J connectivity index is 1.60. The second-order valence-electron chi connectivity index (χ2n) is 5.11. The van der Waals surface area contributed by atoms with Crippen molar-refractivity contribution in [3.8, 4) is 11.5 Å². The van der Waals surface area contributed by atoms with E-state index in [0.717, 1.165) is 5.69 Å². The summed E-state index contributed by atoms with van der Waals surface area (Å²) in [7, 11) is 0. The number of nitrogens with zero attached hydrogens (tertiary/aromatic N) is 3. The first kappa shape index (κ1) is 12.2. The molecule has 4 rings (SSSR count).